The van der Waals surface area contributed by atoms with Gasteiger partial charge in [-0.1, -0.05) is 12.5 Å². The van der Waals surface area contributed by atoms with E-state index < -0.39 is 33.3 Å². The van der Waals surface area contributed by atoms with Crippen LogP contribution in [0.25, 0.3) is 0 Å². The zero-order chi connectivity index (χ0) is 23.4. The van der Waals surface area contributed by atoms with Gasteiger partial charge in [-0.15, -0.1) is 0 Å². The molecule has 1 heterocycles. The van der Waals surface area contributed by atoms with E-state index in [9.17, 15) is 26.8 Å². The van der Waals surface area contributed by atoms with Crippen molar-refractivity contribution >= 4 is 21.8 Å². The van der Waals surface area contributed by atoms with Crippen molar-refractivity contribution in [3.05, 3.63) is 29.6 Å². The van der Waals surface area contributed by atoms with Crippen LogP contribution in [0.5, 0.6) is 5.75 Å². The fourth-order valence-corrected chi connectivity index (χ4v) is 6.01. The number of imide groups is 1. The molecule has 1 aromatic rings. The van der Waals surface area contributed by atoms with Gasteiger partial charge in [0, 0.05) is 24.9 Å². The summed E-state index contributed by atoms with van der Waals surface area (Å²) < 4.78 is 57.6. The average Bonchev–Trinajstić information content (AvgIpc) is 3.48. The van der Waals surface area contributed by atoms with Crippen LogP contribution in [-0.4, -0.2) is 62.6 Å². The molecule has 0 bridgehead atoms. The summed E-state index contributed by atoms with van der Waals surface area (Å²) in [5, 5.41) is 2.26. The van der Waals surface area contributed by atoms with Gasteiger partial charge in [-0.05, 0) is 50.3 Å². The highest BCUT2D eigenvalue weighted by molar-refractivity contribution is 7.91. The molecule has 1 saturated heterocycles. The fraction of sp³-hybridized carbons (Fsp3) is 0.636. The fourth-order valence-electron chi connectivity index (χ4n) is 3.92. The summed E-state index contributed by atoms with van der Waals surface area (Å²) in [6, 6.07) is 3.92. The van der Waals surface area contributed by atoms with Crippen molar-refractivity contribution in [1.29, 1.82) is 0 Å². The number of urea groups is 1. The van der Waals surface area contributed by atoms with Crippen LogP contribution >= 0.6 is 0 Å². The Morgan fingerprint density at radius 1 is 1.22 bits per heavy atom. The van der Waals surface area contributed by atoms with E-state index in [-0.39, 0.29) is 36.2 Å². The molecular weight excluding hydrogens is 442 g/mol. The Morgan fingerprint density at radius 3 is 2.62 bits per heavy atom. The van der Waals surface area contributed by atoms with Gasteiger partial charge < -0.3 is 9.64 Å². The summed E-state index contributed by atoms with van der Waals surface area (Å²) in [6.45, 7) is 1.93. The summed E-state index contributed by atoms with van der Waals surface area (Å²) >= 11 is 0. The molecule has 1 aromatic carbocycles. The average molecular weight is 473 g/mol. The number of carbonyl (C=O) groups excluding carboxylic acids is 2. The van der Waals surface area contributed by atoms with Crippen molar-refractivity contribution in [3.8, 4) is 5.75 Å². The first-order valence-electron chi connectivity index (χ1n) is 11.0. The molecule has 3 rings (SSSR count). The summed E-state index contributed by atoms with van der Waals surface area (Å²) in [5.74, 6) is -0.896. The maximum Gasteiger partial charge on any atom is 0.324 e. The number of ether oxygens (including phenoxy) is 1. The molecule has 10 heteroatoms. The van der Waals surface area contributed by atoms with Gasteiger partial charge in [0.05, 0.1) is 11.5 Å². The molecule has 1 aliphatic carbocycles. The molecule has 0 radical (unpaired) electrons. The summed E-state index contributed by atoms with van der Waals surface area (Å²) in [4.78, 5) is 24.4. The van der Waals surface area contributed by atoms with Crippen molar-refractivity contribution in [2.45, 2.75) is 57.0 Å². The van der Waals surface area contributed by atoms with E-state index in [4.69, 9.17) is 4.74 Å². The number of carbonyl (C=O) groups is 2. The van der Waals surface area contributed by atoms with Gasteiger partial charge in [-0.25, -0.2) is 22.0 Å². The standard InChI is InChI=1S/C22H30F2N2O5S/c1-16(23)14-31-19-13-17(5-6-18(19)24)22(8-9-22)15-32(29,30)12-4-2-3-10-26-11-7-20(27)25-21(26)28/h5-6,13,16H,2-4,7-12,14-15H2,1H3,(H,25,27,28). The number of amides is 3. The topological polar surface area (TPSA) is 92.8 Å². The Morgan fingerprint density at radius 2 is 1.97 bits per heavy atom. The molecule has 0 aromatic heterocycles. The minimum Gasteiger partial charge on any atom is -0.487 e. The Bertz CT molecular complexity index is 948. The van der Waals surface area contributed by atoms with E-state index >= 15 is 0 Å². The molecule has 178 valence electrons. The number of halogens is 2. The van der Waals surface area contributed by atoms with Gasteiger partial charge in [0.2, 0.25) is 5.91 Å². The lowest BCUT2D eigenvalue weighted by Gasteiger charge is -2.26. The normalized spacial score (nSPS) is 18.9. The zero-order valence-corrected chi connectivity index (χ0v) is 19.1. The molecule has 7 nitrogen and oxygen atoms in total. The highest BCUT2D eigenvalue weighted by Gasteiger charge is 2.47. The number of benzene rings is 1. The lowest BCUT2D eigenvalue weighted by molar-refractivity contribution is -0.121. The third kappa shape index (κ3) is 6.63. The molecule has 1 atom stereocenters. The molecular formula is C22H30F2N2O5S. The molecule has 1 N–H and O–H groups in total. The lowest BCUT2D eigenvalue weighted by atomic mass is 9.98. The number of hydrogen-bond donors (Lipinski definition) is 1. The van der Waals surface area contributed by atoms with Crippen LogP contribution in [0.3, 0.4) is 0 Å². The summed E-state index contributed by atoms with van der Waals surface area (Å²) in [6.07, 6.45) is 2.23. The van der Waals surface area contributed by atoms with E-state index in [0.29, 0.717) is 50.8 Å². The molecule has 2 fully saturated rings. The first-order valence-corrected chi connectivity index (χ1v) is 12.8. The van der Waals surface area contributed by atoms with E-state index in [1.165, 1.54) is 19.1 Å². The Balaban J connectivity index is 1.48. The van der Waals surface area contributed by atoms with E-state index in [2.05, 4.69) is 5.32 Å². The maximum absolute atomic E-state index is 14.0. The zero-order valence-electron chi connectivity index (χ0n) is 18.2. The van der Waals surface area contributed by atoms with Crippen molar-refractivity contribution in [2.24, 2.45) is 0 Å². The predicted octanol–water partition coefficient (Wildman–Crippen LogP) is 3.12. The van der Waals surface area contributed by atoms with Gasteiger partial charge in [-0.2, -0.15) is 0 Å². The van der Waals surface area contributed by atoms with Gasteiger partial charge in [0.25, 0.3) is 0 Å². The van der Waals surface area contributed by atoms with Crippen LogP contribution in [0, 0.1) is 5.82 Å². The van der Waals surface area contributed by atoms with Crippen molar-refractivity contribution in [3.63, 3.8) is 0 Å². The Labute approximate surface area is 187 Å². The smallest absolute Gasteiger partial charge is 0.324 e. The van der Waals surface area contributed by atoms with Crippen LogP contribution in [0.15, 0.2) is 18.2 Å². The number of alkyl halides is 1. The highest BCUT2D eigenvalue weighted by atomic mass is 32.2. The quantitative estimate of drug-likeness (QED) is 0.472. The monoisotopic (exact) mass is 472 g/mol. The number of rotatable bonds is 12. The summed E-state index contributed by atoms with van der Waals surface area (Å²) in [5.41, 5.74) is 0.166. The molecule has 1 aliphatic heterocycles. The van der Waals surface area contributed by atoms with Crippen LogP contribution in [0.2, 0.25) is 0 Å². The van der Waals surface area contributed by atoms with Crippen LogP contribution in [-0.2, 0) is 20.0 Å². The Hall–Kier alpha value is -2.23. The second kappa shape index (κ2) is 10.1. The highest BCUT2D eigenvalue weighted by Crippen LogP contribution is 2.50. The number of sulfone groups is 1. The predicted molar refractivity (Wildman–Crippen MR) is 116 cm³/mol. The van der Waals surface area contributed by atoms with E-state index in [1.807, 2.05) is 0 Å². The number of unbranched alkanes of at least 4 members (excludes halogenated alkanes) is 2. The first-order chi connectivity index (χ1) is 15.1. The number of hydrogen-bond acceptors (Lipinski definition) is 5. The van der Waals surface area contributed by atoms with Gasteiger partial charge in [0.15, 0.2) is 21.4 Å². The molecule has 0 spiro atoms. The third-order valence-electron chi connectivity index (χ3n) is 5.89. The molecule has 1 unspecified atom stereocenters. The molecule has 2 aliphatic rings. The molecule has 3 amide bonds. The maximum atomic E-state index is 14.0. The first kappa shape index (κ1) is 24.4. The van der Waals surface area contributed by atoms with Gasteiger partial charge >= 0.3 is 6.03 Å². The lowest BCUT2D eigenvalue weighted by Crippen LogP contribution is -2.49. The second-order valence-corrected chi connectivity index (χ2v) is 10.9. The number of nitrogens with one attached hydrogen (secondary N) is 1. The van der Waals surface area contributed by atoms with E-state index in [1.54, 1.807) is 11.0 Å². The van der Waals surface area contributed by atoms with Crippen LogP contribution in [0.1, 0.15) is 51.0 Å². The molecule has 32 heavy (non-hydrogen) atoms. The van der Waals surface area contributed by atoms with Crippen molar-refractivity contribution in [2.75, 3.05) is 31.2 Å². The largest absolute Gasteiger partial charge is 0.487 e. The van der Waals surface area contributed by atoms with Crippen LogP contribution in [0.4, 0.5) is 13.6 Å². The third-order valence-corrected chi connectivity index (χ3v) is 7.79. The van der Waals surface area contributed by atoms with E-state index in [0.717, 1.165) is 0 Å². The summed E-state index contributed by atoms with van der Waals surface area (Å²) in [7, 11) is -3.33. The van der Waals surface area contributed by atoms with Gasteiger partial charge in [0.1, 0.15) is 12.8 Å². The van der Waals surface area contributed by atoms with Gasteiger partial charge in [-0.3, -0.25) is 10.1 Å². The minimum atomic E-state index is -3.33. The van der Waals surface area contributed by atoms with Crippen LogP contribution < -0.4 is 10.1 Å². The Kier molecular flexibility index (Phi) is 7.74. The van der Waals surface area contributed by atoms with Crippen molar-refractivity contribution < 1.29 is 31.5 Å². The second-order valence-electron chi connectivity index (χ2n) is 8.76. The number of nitrogens with zero attached hydrogens (tertiary/aromatic N) is 1. The SMILES string of the molecule is CC(F)COc1cc(C2(CS(=O)(=O)CCCCCN3CCC(=O)NC3=O)CC2)ccc1F. The minimum absolute atomic E-state index is 0.0127. The van der Waals surface area contributed by atoms with Crippen molar-refractivity contribution in [1.82, 2.24) is 10.2 Å². The molecule has 1 saturated carbocycles.